The number of fused-ring (bicyclic) bond motifs is 1. The average molecular weight is 421 g/mol. The molecule has 1 N–H and O–H groups in total. The van der Waals surface area contributed by atoms with Crippen molar-refractivity contribution >= 4 is 23.2 Å². The summed E-state index contributed by atoms with van der Waals surface area (Å²) in [5, 5.41) is 5.07. The van der Waals surface area contributed by atoms with Crippen molar-refractivity contribution in [2.24, 2.45) is 0 Å². The molecule has 0 saturated carbocycles. The molecule has 0 radical (unpaired) electrons. The van der Waals surface area contributed by atoms with Gasteiger partial charge in [0.05, 0.1) is 18.6 Å². The third kappa shape index (κ3) is 4.01. The lowest BCUT2D eigenvalue weighted by Crippen LogP contribution is -2.48. The van der Waals surface area contributed by atoms with Crippen LogP contribution in [0, 0.1) is 0 Å². The smallest absolute Gasteiger partial charge is 0.254 e. The number of nitrogens with one attached hydrogen (secondary N) is 1. The summed E-state index contributed by atoms with van der Waals surface area (Å²) in [7, 11) is 1.62. The topological polar surface area (TPSA) is 58.6 Å². The first-order chi connectivity index (χ1) is 14.7. The van der Waals surface area contributed by atoms with E-state index in [-0.39, 0.29) is 17.9 Å². The molecule has 2 amide bonds. The molecule has 1 aliphatic heterocycles. The predicted molar refractivity (Wildman–Crippen MR) is 117 cm³/mol. The van der Waals surface area contributed by atoms with Crippen molar-refractivity contribution in [3.63, 3.8) is 0 Å². The monoisotopic (exact) mass is 420 g/mol. The Morgan fingerprint density at radius 2 is 1.83 bits per heavy atom. The van der Waals surface area contributed by atoms with Crippen LogP contribution in [0.4, 0.5) is 0 Å². The third-order valence-corrected chi connectivity index (χ3v) is 6.34. The number of methoxy groups -OCH3 is 1. The van der Waals surface area contributed by atoms with E-state index >= 15 is 0 Å². The van der Waals surface area contributed by atoms with Crippen LogP contribution in [-0.2, 0) is 16.1 Å². The highest BCUT2D eigenvalue weighted by Gasteiger charge is 2.44. The summed E-state index contributed by atoms with van der Waals surface area (Å²) < 4.78 is 5.26. The summed E-state index contributed by atoms with van der Waals surface area (Å²) in [6, 6.07) is 20.9. The minimum Gasteiger partial charge on any atom is -0.383 e. The predicted octanol–water partition coefficient (Wildman–Crippen LogP) is 3.99. The molecule has 0 unspecified atom stereocenters. The Morgan fingerprint density at radius 3 is 2.57 bits per heavy atom. The van der Waals surface area contributed by atoms with Crippen molar-refractivity contribution in [3.05, 3.63) is 93.7 Å². The van der Waals surface area contributed by atoms with E-state index in [0.717, 1.165) is 16.0 Å². The molecule has 0 aliphatic carbocycles. The van der Waals surface area contributed by atoms with Gasteiger partial charge in [-0.25, -0.2) is 0 Å². The summed E-state index contributed by atoms with van der Waals surface area (Å²) in [5.41, 5.74) is 2.40. The maximum absolute atomic E-state index is 13.5. The van der Waals surface area contributed by atoms with Gasteiger partial charge in [0, 0.05) is 30.6 Å². The number of carbonyl (C=O) groups is 2. The second kappa shape index (κ2) is 9.24. The van der Waals surface area contributed by atoms with E-state index in [4.69, 9.17) is 4.74 Å². The van der Waals surface area contributed by atoms with E-state index in [0.29, 0.717) is 25.3 Å². The first kappa shape index (κ1) is 20.3. The zero-order chi connectivity index (χ0) is 20.9. The first-order valence-electron chi connectivity index (χ1n) is 9.94. The highest BCUT2D eigenvalue weighted by atomic mass is 32.1. The van der Waals surface area contributed by atoms with Crippen LogP contribution in [0.2, 0.25) is 0 Å². The quantitative estimate of drug-likeness (QED) is 0.629. The molecule has 1 aromatic heterocycles. The standard InChI is InChI=1S/C24H24N2O3S/c1-29-14-13-26-22(20-12-7-15-30-20)21(18-10-5-6-11-19(18)24(26)28)23(27)25-16-17-8-3-2-4-9-17/h2-12,15,21-22H,13-14,16H2,1H3,(H,25,27)/t21-,22+/m1/s1. The number of thiophene rings is 1. The number of ether oxygens (including phenoxy) is 1. The minimum absolute atomic E-state index is 0.0619. The summed E-state index contributed by atoms with van der Waals surface area (Å²) in [6.45, 7) is 1.28. The molecule has 30 heavy (non-hydrogen) atoms. The van der Waals surface area contributed by atoms with Crippen molar-refractivity contribution < 1.29 is 14.3 Å². The second-order valence-corrected chi connectivity index (χ2v) is 8.20. The Kier molecular flexibility index (Phi) is 6.26. The van der Waals surface area contributed by atoms with Crippen molar-refractivity contribution in [2.75, 3.05) is 20.3 Å². The molecule has 154 valence electrons. The number of amides is 2. The third-order valence-electron chi connectivity index (χ3n) is 5.40. The lowest BCUT2D eigenvalue weighted by molar-refractivity contribution is -0.124. The van der Waals surface area contributed by atoms with Gasteiger partial charge in [-0.05, 0) is 28.6 Å². The average Bonchev–Trinajstić information content (AvgIpc) is 3.32. The number of hydrogen-bond acceptors (Lipinski definition) is 4. The zero-order valence-electron chi connectivity index (χ0n) is 16.8. The van der Waals surface area contributed by atoms with Crippen LogP contribution in [0.1, 0.15) is 38.3 Å². The van der Waals surface area contributed by atoms with E-state index in [9.17, 15) is 9.59 Å². The maximum atomic E-state index is 13.5. The Bertz CT molecular complexity index is 1000. The Balaban J connectivity index is 1.72. The van der Waals surface area contributed by atoms with Crippen molar-refractivity contribution in [1.29, 1.82) is 0 Å². The molecule has 0 bridgehead atoms. The van der Waals surface area contributed by atoms with Crippen molar-refractivity contribution in [1.82, 2.24) is 10.2 Å². The highest BCUT2D eigenvalue weighted by molar-refractivity contribution is 7.10. The lowest BCUT2D eigenvalue weighted by atomic mass is 9.81. The van der Waals surface area contributed by atoms with Gasteiger partial charge in [0.15, 0.2) is 0 Å². The van der Waals surface area contributed by atoms with Gasteiger partial charge in [0.1, 0.15) is 0 Å². The largest absolute Gasteiger partial charge is 0.383 e. The maximum Gasteiger partial charge on any atom is 0.254 e. The fourth-order valence-electron chi connectivity index (χ4n) is 3.98. The molecule has 4 rings (SSSR count). The minimum atomic E-state index is -0.488. The molecule has 1 aliphatic rings. The Hall–Kier alpha value is -2.96. The summed E-state index contributed by atoms with van der Waals surface area (Å²) in [4.78, 5) is 29.6. The normalized spacial score (nSPS) is 18.2. The second-order valence-electron chi connectivity index (χ2n) is 7.22. The molecule has 0 saturated heterocycles. The summed E-state index contributed by atoms with van der Waals surface area (Å²) in [6.07, 6.45) is 0. The summed E-state index contributed by atoms with van der Waals surface area (Å²) >= 11 is 1.56. The number of hydrogen-bond donors (Lipinski definition) is 1. The van der Waals surface area contributed by atoms with Crippen LogP contribution in [0.3, 0.4) is 0 Å². The molecular weight excluding hydrogens is 396 g/mol. The fraction of sp³-hybridized carbons (Fsp3) is 0.250. The van der Waals surface area contributed by atoms with Gasteiger partial charge in [-0.1, -0.05) is 54.6 Å². The number of nitrogens with zero attached hydrogens (tertiary/aromatic N) is 1. The molecular formula is C24H24N2O3S. The molecule has 3 aromatic rings. The molecule has 2 aromatic carbocycles. The van der Waals surface area contributed by atoms with E-state index < -0.39 is 5.92 Å². The number of rotatable bonds is 7. The first-order valence-corrected chi connectivity index (χ1v) is 10.8. The van der Waals surface area contributed by atoms with Crippen LogP contribution in [0.15, 0.2) is 72.1 Å². The number of benzene rings is 2. The van der Waals surface area contributed by atoms with Crippen LogP contribution in [0.5, 0.6) is 0 Å². The van der Waals surface area contributed by atoms with Gasteiger partial charge in [-0.3, -0.25) is 9.59 Å². The van der Waals surface area contributed by atoms with Gasteiger partial charge >= 0.3 is 0 Å². The van der Waals surface area contributed by atoms with E-state index in [2.05, 4.69) is 5.32 Å². The van der Waals surface area contributed by atoms with Gasteiger partial charge in [-0.15, -0.1) is 11.3 Å². The van der Waals surface area contributed by atoms with E-state index in [1.165, 1.54) is 0 Å². The SMILES string of the molecule is COCCN1C(=O)c2ccccc2[C@@H](C(=O)NCc2ccccc2)[C@@H]1c1cccs1. The van der Waals surface area contributed by atoms with Gasteiger partial charge in [-0.2, -0.15) is 0 Å². The lowest BCUT2D eigenvalue weighted by Gasteiger charge is -2.41. The van der Waals surface area contributed by atoms with Gasteiger partial charge in [0.2, 0.25) is 5.91 Å². The molecule has 0 fully saturated rings. The zero-order valence-corrected chi connectivity index (χ0v) is 17.6. The molecule has 6 heteroatoms. The van der Waals surface area contributed by atoms with Crippen LogP contribution in [0.25, 0.3) is 0 Å². The van der Waals surface area contributed by atoms with Crippen LogP contribution in [-0.4, -0.2) is 37.0 Å². The molecule has 2 heterocycles. The van der Waals surface area contributed by atoms with Crippen LogP contribution >= 0.6 is 11.3 Å². The number of carbonyl (C=O) groups excluding carboxylic acids is 2. The Labute approximate surface area is 180 Å². The van der Waals surface area contributed by atoms with Gasteiger partial charge in [0.25, 0.3) is 5.91 Å². The molecule has 2 atom stereocenters. The highest BCUT2D eigenvalue weighted by Crippen LogP contribution is 2.44. The van der Waals surface area contributed by atoms with E-state index in [1.807, 2.05) is 66.0 Å². The molecule has 5 nitrogen and oxygen atoms in total. The van der Waals surface area contributed by atoms with Gasteiger partial charge < -0.3 is 15.0 Å². The van der Waals surface area contributed by atoms with E-state index in [1.54, 1.807) is 29.4 Å². The summed E-state index contributed by atoms with van der Waals surface area (Å²) in [5.74, 6) is -0.633. The van der Waals surface area contributed by atoms with Crippen molar-refractivity contribution in [2.45, 2.75) is 18.5 Å². The van der Waals surface area contributed by atoms with Crippen molar-refractivity contribution in [3.8, 4) is 0 Å². The fourth-order valence-corrected chi connectivity index (χ4v) is 4.86. The molecule has 0 spiro atoms. The Morgan fingerprint density at radius 1 is 1.07 bits per heavy atom. The van der Waals surface area contributed by atoms with Crippen LogP contribution < -0.4 is 5.32 Å².